The number of hydrogen-bond acceptors (Lipinski definition) is 5. The molecule has 1 amide bonds. The SMILES string of the molecule is O=C(NCc1ccccc1)C1CCN(c2ccc(SCc3ccccc3)nn2)CC1. The lowest BCUT2D eigenvalue weighted by Crippen LogP contribution is -2.40. The van der Waals surface area contributed by atoms with E-state index in [2.05, 4.69) is 44.7 Å². The molecular weight excluding hydrogens is 392 g/mol. The molecule has 1 saturated heterocycles. The number of benzene rings is 2. The Hall–Kier alpha value is -2.86. The molecule has 3 aromatic rings. The van der Waals surface area contributed by atoms with Crippen LogP contribution in [-0.2, 0) is 17.1 Å². The van der Waals surface area contributed by atoms with E-state index >= 15 is 0 Å². The quantitative estimate of drug-likeness (QED) is 0.580. The van der Waals surface area contributed by atoms with Crippen molar-refractivity contribution in [3.8, 4) is 0 Å². The van der Waals surface area contributed by atoms with Gasteiger partial charge in [0.15, 0.2) is 5.82 Å². The normalized spacial score (nSPS) is 14.5. The van der Waals surface area contributed by atoms with Gasteiger partial charge in [-0.05, 0) is 36.1 Å². The lowest BCUT2D eigenvalue weighted by Gasteiger charge is -2.31. The summed E-state index contributed by atoms with van der Waals surface area (Å²) in [6.45, 7) is 2.25. The van der Waals surface area contributed by atoms with Crippen LogP contribution in [0.2, 0.25) is 0 Å². The maximum absolute atomic E-state index is 12.5. The second-order valence-corrected chi connectivity index (χ2v) is 8.46. The first kappa shape index (κ1) is 20.4. The van der Waals surface area contributed by atoms with Gasteiger partial charge in [0.05, 0.1) is 0 Å². The number of nitrogens with one attached hydrogen (secondary N) is 1. The number of carbonyl (C=O) groups excluding carboxylic acids is 1. The van der Waals surface area contributed by atoms with Crippen LogP contribution in [0, 0.1) is 5.92 Å². The first-order valence-electron chi connectivity index (χ1n) is 10.3. The average Bonchev–Trinajstić information content (AvgIpc) is 2.83. The third kappa shape index (κ3) is 5.60. The molecule has 2 aromatic carbocycles. The van der Waals surface area contributed by atoms with Crippen LogP contribution in [0.25, 0.3) is 0 Å². The number of piperidine rings is 1. The van der Waals surface area contributed by atoms with Gasteiger partial charge in [0.25, 0.3) is 0 Å². The molecule has 1 aromatic heterocycles. The predicted molar refractivity (Wildman–Crippen MR) is 121 cm³/mol. The van der Waals surface area contributed by atoms with Crippen LogP contribution in [0.1, 0.15) is 24.0 Å². The minimum Gasteiger partial charge on any atom is -0.355 e. The highest BCUT2D eigenvalue weighted by Gasteiger charge is 2.25. The van der Waals surface area contributed by atoms with Crippen LogP contribution < -0.4 is 10.2 Å². The molecule has 0 unspecified atom stereocenters. The van der Waals surface area contributed by atoms with E-state index in [1.165, 1.54) is 5.56 Å². The van der Waals surface area contributed by atoms with Gasteiger partial charge < -0.3 is 10.2 Å². The lowest BCUT2D eigenvalue weighted by molar-refractivity contribution is -0.125. The third-order valence-corrected chi connectivity index (χ3v) is 6.35. The molecule has 1 aliphatic heterocycles. The monoisotopic (exact) mass is 418 g/mol. The molecule has 0 saturated carbocycles. The fourth-order valence-corrected chi connectivity index (χ4v) is 4.36. The molecule has 154 valence electrons. The van der Waals surface area contributed by atoms with E-state index in [0.29, 0.717) is 6.54 Å². The average molecular weight is 419 g/mol. The second-order valence-electron chi connectivity index (χ2n) is 7.47. The maximum atomic E-state index is 12.5. The van der Waals surface area contributed by atoms with Crippen LogP contribution in [-0.4, -0.2) is 29.2 Å². The zero-order chi connectivity index (χ0) is 20.6. The summed E-state index contributed by atoms with van der Waals surface area (Å²) in [7, 11) is 0. The van der Waals surface area contributed by atoms with E-state index in [-0.39, 0.29) is 11.8 Å². The van der Waals surface area contributed by atoms with Crippen molar-refractivity contribution in [1.82, 2.24) is 15.5 Å². The summed E-state index contributed by atoms with van der Waals surface area (Å²) in [6, 6.07) is 24.5. The van der Waals surface area contributed by atoms with E-state index in [0.717, 1.165) is 48.1 Å². The Labute approximate surface area is 181 Å². The van der Waals surface area contributed by atoms with Crippen molar-refractivity contribution >= 4 is 23.5 Å². The lowest BCUT2D eigenvalue weighted by atomic mass is 9.96. The first-order chi connectivity index (χ1) is 14.8. The van der Waals surface area contributed by atoms with E-state index in [1.807, 2.05) is 48.5 Å². The minimum absolute atomic E-state index is 0.0682. The summed E-state index contributed by atoms with van der Waals surface area (Å²) < 4.78 is 0. The first-order valence-corrected chi connectivity index (χ1v) is 11.3. The number of hydrogen-bond donors (Lipinski definition) is 1. The Morgan fingerprint density at radius 1 is 0.900 bits per heavy atom. The summed E-state index contributed by atoms with van der Waals surface area (Å²) in [5.74, 6) is 2.00. The molecule has 1 fully saturated rings. The number of carbonyl (C=O) groups is 1. The number of aromatic nitrogens is 2. The molecule has 4 rings (SSSR count). The zero-order valence-corrected chi connectivity index (χ0v) is 17.7. The smallest absolute Gasteiger partial charge is 0.223 e. The molecule has 0 aliphatic carbocycles. The Morgan fingerprint density at radius 3 is 2.20 bits per heavy atom. The highest BCUT2D eigenvalue weighted by atomic mass is 32.2. The van der Waals surface area contributed by atoms with E-state index < -0.39 is 0 Å². The number of rotatable bonds is 7. The minimum atomic E-state index is 0.0682. The van der Waals surface area contributed by atoms with Crippen molar-refractivity contribution in [3.63, 3.8) is 0 Å². The van der Waals surface area contributed by atoms with Gasteiger partial charge in [-0.1, -0.05) is 72.4 Å². The summed E-state index contributed by atoms with van der Waals surface area (Å²) >= 11 is 1.69. The standard InChI is InChI=1S/C24H26N4OS/c29-24(25-17-19-7-3-1-4-8-19)21-13-15-28(16-14-21)22-11-12-23(27-26-22)30-18-20-9-5-2-6-10-20/h1-12,21H,13-18H2,(H,25,29). The van der Waals surface area contributed by atoms with Crippen molar-refractivity contribution < 1.29 is 4.79 Å². The van der Waals surface area contributed by atoms with Gasteiger partial charge in [-0.3, -0.25) is 4.79 Å². The van der Waals surface area contributed by atoms with Gasteiger partial charge in [-0.25, -0.2) is 0 Å². The summed E-state index contributed by atoms with van der Waals surface area (Å²) in [5, 5.41) is 12.8. The van der Waals surface area contributed by atoms with Crippen LogP contribution >= 0.6 is 11.8 Å². The van der Waals surface area contributed by atoms with Crippen LogP contribution in [0.15, 0.2) is 77.8 Å². The van der Waals surface area contributed by atoms with Gasteiger partial charge in [-0.2, -0.15) is 0 Å². The molecule has 1 aliphatic rings. The number of amides is 1. The molecule has 0 radical (unpaired) electrons. The van der Waals surface area contributed by atoms with Gasteiger partial charge in [0.2, 0.25) is 5.91 Å². The predicted octanol–water partition coefficient (Wildman–Crippen LogP) is 4.30. The largest absolute Gasteiger partial charge is 0.355 e. The van der Waals surface area contributed by atoms with Crippen LogP contribution in [0.3, 0.4) is 0 Å². The topological polar surface area (TPSA) is 58.1 Å². The van der Waals surface area contributed by atoms with Gasteiger partial charge in [0.1, 0.15) is 5.03 Å². The highest BCUT2D eigenvalue weighted by molar-refractivity contribution is 7.98. The molecule has 1 N–H and O–H groups in total. The Bertz CT molecular complexity index is 926. The highest BCUT2D eigenvalue weighted by Crippen LogP contribution is 2.24. The third-order valence-electron chi connectivity index (χ3n) is 5.35. The van der Waals surface area contributed by atoms with Crippen LogP contribution in [0.4, 0.5) is 5.82 Å². The van der Waals surface area contributed by atoms with Crippen LogP contribution in [0.5, 0.6) is 0 Å². The number of nitrogens with zero attached hydrogens (tertiary/aromatic N) is 3. The molecule has 5 nitrogen and oxygen atoms in total. The summed E-state index contributed by atoms with van der Waals surface area (Å²) in [4.78, 5) is 14.7. The van der Waals surface area contributed by atoms with E-state index in [9.17, 15) is 4.79 Å². The second kappa shape index (κ2) is 10.3. The van der Waals surface area contributed by atoms with Crippen molar-refractivity contribution in [1.29, 1.82) is 0 Å². The molecule has 2 heterocycles. The summed E-state index contributed by atoms with van der Waals surface area (Å²) in [6.07, 6.45) is 1.68. The van der Waals surface area contributed by atoms with Crippen molar-refractivity contribution in [2.75, 3.05) is 18.0 Å². The van der Waals surface area contributed by atoms with E-state index in [1.54, 1.807) is 11.8 Å². The van der Waals surface area contributed by atoms with Crippen molar-refractivity contribution in [2.45, 2.75) is 30.2 Å². The fraction of sp³-hybridized carbons (Fsp3) is 0.292. The maximum Gasteiger partial charge on any atom is 0.223 e. The molecular formula is C24H26N4OS. The van der Waals surface area contributed by atoms with Gasteiger partial charge in [0, 0.05) is 31.3 Å². The molecule has 0 atom stereocenters. The van der Waals surface area contributed by atoms with Gasteiger partial charge >= 0.3 is 0 Å². The Morgan fingerprint density at radius 2 is 1.57 bits per heavy atom. The Kier molecular flexibility index (Phi) is 6.98. The molecule has 6 heteroatoms. The fourth-order valence-electron chi connectivity index (χ4n) is 3.59. The Balaban J connectivity index is 1.23. The van der Waals surface area contributed by atoms with Gasteiger partial charge in [-0.15, -0.1) is 10.2 Å². The zero-order valence-electron chi connectivity index (χ0n) is 16.9. The molecule has 30 heavy (non-hydrogen) atoms. The summed E-state index contributed by atoms with van der Waals surface area (Å²) in [5.41, 5.74) is 2.41. The van der Waals surface area contributed by atoms with Crippen molar-refractivity contribution in [3.05, 3.63) is 83.9 Å². The molecule has 0 spiro atoms. The van der Waals surface area contributed by atoms with E-state index in [4.69, 9.17) is 0 Å². The molecule has 0 bridgehead atoms. The number of anilines is 1. The number of thioether (sulfide) groups is 1. The van der Waals surface area contributed by atoms with Crippen molar-refractivity contribution in [2.24, 2.45) is 5.92 Å².